The second-order valence-electron chi connectivity index (χ2n) is 5.53. The van der Waals surface area contributed by atoms with Gasteiger partial charge in [-0.05, 0) is 30.0 Å². The molecule has 1 aliphatic carbocycles. The smallest absolute Gasteiger partial charge is 0.124 e. The largest absolute Gasteiger partial charge is 0.508 e. The van der Waals surface area contributed by atoms with Gasteiger partial charge in [-0.1, -0.05) is 43.3 Å². The summed E-state index contributed by atoms with van der Waals surface area (Å²) in [6.45, 7) is 2.27. The van der Waals surface area contributed by atoms with Gasteiger partial charge in [-0.3, -0.25) is 0 Å². The average Bonchev–Trinajstić information content (AvgIpc) is 2.92. The number of hydrogen-bond acceptors (Lipinski definition) is 3. The highest BCUT2D eigenvalue weighted by atomic mass is 32.1. The number of aromatic nitrogens is 1. The van der Waals surface area contributed by atoms with E-state index in [-0.39, 0.29) is 5.75 Å². The third-order valence-electron chi connectivity index (χ3n) is 4.03. The molecule has 1 N–H and O–H groups in total. The molecule has 3 heteroatoms. The normalized spacial score (nSPS) is 16.3. The van der Waals surface area contributed by atoms with Crippen LogP contribution in [0.25, 0.3) is 21.8 Å². The predicted octanol–water partition coefficient (Wildman–Crippen LogP) is 4.84. The summed E-state index contributed by atoms with van der Waals surface area (Å²) in [7, 11) is 0. The Hall–Kier alpha value is -2.13. The molecule has 1 atom stereocenters. The number of fused-ring (bicyclic) bond motifs is 3. The number of aromatic hydroxyl groups is 1. The molecule has 0 spiro atoms. The number of phenols is 1. The van der Waals surface area contributed by atoms with Crippen molar-refractivity contribution in [1.29, 1.82) is 0 Å². The molecule has 0 amide bonds. The lowest BCUT2D eigenvalue weighted by molar-refractivity contribution is 0.475. The fraction of sp³-hybridized carbons (Fsp3) is 0.167. The molecule has 1 aliphatic rings. The lowest BCUT2D eigenvalue weighted by atomic mass is 9.86. The van der Waals surface area contributed by atoms with Gasteiger partial charge < -0.3 is 5.11 Å². The Morgan fingerprint density at radius 3 is 2.86 bits per heavy atom. The first kappa shape index (κ1) is 12.6. The summed E-state index contributed by atoms with van der Waals surface area (Å²) < 4.78 is 0. The van der Waals surface area contributed by atoms with Crippen LogP contribution in [0.3, 0.4) is 0 Å². The molecule has 1 unspecified atom stereocenters. The highest BCUT2D eigenvalue weighted by Crippen LogP contribution is 2.43. The highest BCUT2D eigenvalue weighted by Gasteiger charge is 2.25. The van der Waals surface area contributed by atoms with Crippen LogP contribution < -0.4 is 0 Å². The Kier molecular flexibility index (Phi) is 2.82. The second-order valence-corrected chi connectivity index (χ2v) is 6.62. The van der Waals surface area contributed by atoms with Gasteiger partial charge >= 0.3 is 0 Å². The Morgan fingerprint density at radius 2 is 2.00 bits per heavy atom. The van der Waals surface area contributed by atoms with E-state index < -0.39 is 0 Å². The summed E-state index contributed by atoms with van der Waals surface area (Å²) in [6.07, 6.45) is 1.04. The van der Waals surface area contributed by atoms with Gasteiger partial charge in [-0.15, -0.1) is 11.3 Å². The topological polar surface area (TPSA) is 33.1 Å². The minimum absolute atomic E-state index is 0.287. The molecule has 1 heterocycles. The number of rotatable bonds is 1. The van der Waals surface area contributed by atoms with Crippen molar-refractivity contribution in [2.24, 2.45) is 0 Å². The van der Waals surface area contributed by atoms with E-state index in [0.29, 0.717) is 5.92 Å². The Bertz CT molecular complexity index is 822. The first-order chi connectivity index (χ1) is 10.2. The molecule has 0 fully saturated rings. The minimum atomic E-state index is 0.287. The zero-order valence-electron chi connectivity index (χ0n) is 11.7. The van der Waals surface area contributed by atoms with Crippen molar-refractivity contribution in [3.8, 4) is 27.6 Å². The third kappa shape index (κ3) is 2.05. The molecule has 4 rings (SSSR count). The summed E-state index contributed by atoms with van der Waals surface area (Å²) >= 11 is 1.74. The summed E-state index contributed by atoms with van der Waals surface area (Å²) in [5.74, 6) is 0.820. The molecule has 0 radical (unpaired) electrons. The van der Waals surface area contributed by atoms with E-state index in [9.17, 15) is 5.11 Å². The van der Waals surface area contributed by atoms with Crippen LogP contribution >= 0.6 is 11.3 Å². The van der Waals surface area contributed by atoms with Crippen LogP contribution in [-0.4, -0.2) is 10.1 Å². The van der Waals surface area contributed by atoms with E-state index in [1.807, 2.05) is 12.1 Å². The van der Waals surface area contributed by atoms with Crippen molar-refractivity contribution in [2.75, 3.05) is 0 Å². The average molecular weight is 293 g/mol. The maximum Gasteiger partial charge on any atom is 0.124 e. The standard InChI is InChI=1S/C18H15NOS/c1-11-9-16-17(15-8-3-2-7-14(11)15)19-18(21-16)12-5-4-6-13(20)10-12/h2-8,10-11,20H,9H2,1H3. The van der Waals surface area contributed by atoms with Crippen LogP contribution in [-0.2, 0) is 6.42 Å². The van der Waals surface area contributed by atoms with E-state index >= 15 is 0 Å². The van der Waals surface area contributed by atoms with Crippen molar-refractivity contribution < 1.29 is 5.11 Å². The van der Waals surface area contributed by atoms with Gasteiger partial charge in [0.2, 0.25) is 0 Å². The summed E-state index contributed by atoms with van der Waals surface area (Å²) in [4.78, 5) is 6.19. The fourth-order valence-electron chi connectivity index (χ4n) is 2.99. The molecular formula is C18H15NOS. The van der Waals surface area contributed by atoms with E-state index in [2.05, 4.69) is 31.2 Å². The number of benzene rings is 2. The molecule has 21 heavy (non-hydrogen) atoms. The van der Waals surface area contributed by atoms with Crippen LogP contribution in [0.15, 0.2) is 48.5 Å². The third-order valence-corrected chi connectivity index (χ3v) is 5.16. The molecule has 2 nitrogen and oxygen atoms in total. The molecule has 3 aromatic rings. The molecule has 0 bridgehead atoms. The van der Waals surface area contributed by atoms with Crippen molar-refractivity contribution in [1.82, 2.24) is 4.98 Å². The van der Waals surface area contributed by atoms with Crippen molar-refractivity contribution in [3.63, 3.8) is 0 Å². The maximum absolute atomic E-state index is 9.65. The van der Waals surface area contributed by atoms with Crippen molar-refractivity contribution in [3.05, 3.63) is 59.0 Å². The van der Waals surface area contributed by atoms with Crippen LogP contribution in [0.2, 0.25) is 0 Å². The monoisotopic (exact) mass is 293 g/mol. The minimum Gasteiger partial charge on any atom is -0.508 e. The van der Waals surface area contributed by atoms with Gasteiger partial charge in [0.25, 0.3) is 0 Å². The Labute approximate surface area is 127 Å². The maximum atomic E-state index is 9.65. The Balaban J connectivity index is 1.88. The molecule has 2 aromatic carbocycles. The second kappa shape index (κ2) is 4.71. The van der Waals surface area contributed by atoms with Crippen LogP contribution in [0.4, 0.5) is 0 Å². The summed E-state index contributed by atoms with van der Waals surface area (Å²) in [5, 5.41) is 10.6. The summed E-state index contributed by atoms with van der Waals surface area (Å²) in [5.41, 5.74) is 4.75. The van der Waals surface area contributed by atoms with Gasteiger partial charge in [-0.2, -0.15) is 0 Å². The van der Waals surface area contributed by atoms with Gasteiger partial charge in [0.1, 0.15) is 10.8 Å². The van der Waals surface area contributed by atoms with Gasteiger partial charge in [0.15, 0.2) is 0 Å². The van der Waals surface area contributed by atoms with E-state index in [4.69, 9.17) is 4.98 Å². The zero-order valence-corrected chi connectivity index (χ0v) is 12.5. The number of phenolic OH excluding ortho intramolecular Hbond substituents is 1. The van der Waals surface area contributed by atoms with Gasteiger partial charge in [0.05, 0.1) is 5.69 Å². The van der Waals surface area contributed by atoms with Gasteiger partial charge in [-0.25, -0.2) is 4.98 Å². The molecular weight excluding hydrogens is 278 g/mol. The Morgan fingerprint density at radius 1 is 1.14 bits per heavy atom. The van der Waals surface area contributed by atoms with Crippen molar-refractivity contribution in [2.45, 2.75) is 19.3 Å². The lowest BCUT2D eigenvalue weighted by Gasteiger charge is -2.21. The molecule has 0 aliphatic heterocycles. The quantitative estimate of drug-likeness (QED) is 0.696. The molecule has 0 saturated carbocycles. The van der Waals surface area contributed by atoms with E-state index in [1.165, 1.54) is 16.0 Å². The summed E-state index contributed by atoms with van der Waals surface area (Å²) in [6, 6.07) is 15.9. The highest BCUT2D eigenvalue weighted by molar-refractivity contribution is 7.15. The first-order valence-electron chi connectivity index (χ1n) is 7.11. The lowest BCUT2D eigenvalue weighted by Crippen LogP contribution is -2.06. The van der Waals surface area contributed by atoms with E-state index in [1.54, 1.807) is 23.5 Å². The van der Waals surface area contributed by atoms with Crippen LogP contribution in [0.1, 0.15) is 23.3 Å². The first-order valence-corrected chi connectivity index (χ1v) is 7.92. The van der Waals surface area contributed by atoms with Crippen molar-refractivity contribution >= 4 is 11.3 Å². The number of nitrogens with zero attached hydrogens (tertiary/aromatic N) is 1. The van der Waals surface area contributed by atoms with Gasteiger partial charge in [0, 0.05) is 16.0 Å². The fourth-order valence-corrected chi connectivity index (χ4v) is 4.19. The zero-order chi connectivity index (χ0) is 14.4. The van der Waals surface area contributed by atoms with Crippen LogP contribution in [0, 0.1) is 0 Å². The van der Waals surface area contributed by atoms with E-state index in [0.717, 1.165) is 22.7 Å². The number of hydrogen-bond donors (Lipinski definition) is 1. The predicted molar refractivity (Wildman–Crippen MR) is 86.8 cm³/mol. The van der Waals surface area contributed by atoms with Crippen LogP contribution in [0.5, 0.6) is 5.75 Å². The molecule has 104 valence electrons. The molecule has 1 aromatic heterocycles. The SMILES string of the molecule is CC1Cc2sc(-c3cccc(O)c3)nc2-c2ccccc21. The number of thiazole rings is 1. The molecule has 0 saturated heterocycles.